The van der Waals surface area contributed by atoms with Gasteiger partial charge in [-0.15, -0.1) is 0 Å². The average Bonchev–Trinajstić information content (AvgIpc) is 3.19. The number of thioether (sulfide) groups is 1. The fourth-order valence-electron chi connectivity index (χ4n) is 4.20. The van der Waals surface area contributed by atoms with Crippen molar-refractivity contribution < 1.29 is 17.9 Å². The molecule has 1 aliphatic rings. The lowest BCUT2D eigenvalue weighted by Gasteiger charge is -2.30. The lowest BCUT2D eigenvalue weighted by Crippen LogP contribution is -2.42. The van der Waals surface area contributed by atoms with Crippen molar-refractivity contribution in [1.82, 2.24) is 8.87 Å². The smallest absolute Gasteiger partial charge is 0.252 e. The van der Waals surface area contributed by atoms with Gasteiger partial charge in [-0.25, -0.2) is 8.42 Å². The Morgan fingerprint density at radius 3 is 2.71 bits per heavy atom. The van der Waals surface area contributed by atoms with E-state index in [2.05, 4.69) is 15.8 Å². The Labute approximate surface area is 214 Å². The fourth-order valence-corrected chi connectivity index (χ4v) is 7.18. The largest absolute Gasteiger partial charge is 0.494 e. The van der Waals surface area contributed by atoms with E-state index in [-0.39, 0.29) is 17.3 Å². The summed E-state index contributed by atoms with van der Waals surface area (Å²) in [5.74, 6) is 0.970. The third kappa shape index (κ3) is 5.82. The molecule has 188 valence electrons. The molecule has 1 unspecified atom stereocenters. The van der Waals surface area contributed by atoms with Crippen molar-refractivity contribution in [2.75, 3.05) is 31.7 Å². The molecule has 10 heteroatoms. The summed E-state index contributed by atoms with van der Waals surface area (Å²) in [6.07, 6.45) is 3.31. The number of aromatic nitrogens is 1. The number of aryl methyl sites for hydroxylation is 2. The second-order valence-electron chi connectivity index (χ2n) is 8.56. The molecular formula is C25H31N3O4S3. The van der Waals surface area contributed by atoms with Crippen LogP contribution in [0.1, 0.15) is 25.3 Å². The minimum absolute atomic E-state index is 0.155. The quantitative estimate of drug-likeness (QED) is 0.431. The number of carbonyl (C=O) groups excluding carboxylic acids is 1. The predicted octanol–water partition coefficient (Wildman–Crippen LogP) is 4.30. The second-order valence-corrected chi connectivity index (χ2v) is 12.5. The molecule has 4 rings (SSSR count). The zero-order chi connectivity index (χ0) is 25.0. The van der Waals surface area contributed by atoms with Crippen molar-refractivity contribution in [2.45, 2.75) is 38.1 Å². The Bertz CT molecular complexity index is 1360. The molecule has 1 aromatic heterocycles. The van der Waals surface area contributed by atoms with E-state index in [1.54, 1.807) is 36.0 Å². The van der Waals surface area contributed by atoms with Crippen molar-refractivity contribution in [3.05, 3.63) is 52.8 Å². The van der Waals surface area contributed by atoms with Gasteiger partial charge in [-0.3, -0.25) is 4.79 Å². The average molecular weight is 534 g/mol. The summed E-state index contributed by atoms with van der Waals surface area (Å²) in [7, 11) is -3.65. The van der Waals surface area contributed by atoms with Crippen molar-refractivity contribution in [3.63, 3.8) is 0 Å². The minimum Gasteiger partial charge on any atom is -0.494 e. The van der Waals surface area contributed by atoms with Crippen LogP contribution in [0.15, 0.2) is 52.4 Å². The molecule has 0 bridgehead atoms. The normalized spacial score (nSPS) is 17.7. The van der Waals surface area contributed by atoms with Gasteiger partial charge in [0.05, 0.1) is 27.6 Å². The number of piperidine rings is 1. The summed E-state index contributed by atoms with van der Waals surface area (Å²) in [6.45, 7) is 5.76. The van der Waals surface area contributed by atoms with Gasteiger partial charge < -0.3 is 9.30 Å². The molecule has 1 aliphatic heterocycles. The predicted molar refractivity (Wildman–Crippen MR) is 143 cm³/mol. The first-order valence-electron chi connectivity index (χ1n) is 11.7. The molecule has 0 aliphatic carbocycles. The van der Waals surface area contributed by atoms with Crippen LogP contribution in [0.25, 0.3) is 10.2 Å². The van der Waals surface area contributed by atoms with Gasteiger partial charge in [0, 0.05) is 25.4 Å². The fraction of sp³-hybridized carbons (Fsp3) is 0.440. The molecule has 0 saturated carbocycles. The Morgan fingerprint density at radius 1 is 1.23 bits per heavy atom. The van der Waals surface area contributed by atoms with E-state index in [4.69, 9.17) is 4.74 Å². The summed E-state index contributed by atoms with van der Waals surface area (Å²) < 4.78 is 36.5. The Balaban J connectivity index is 1.62. The minimum atomic E-state index is -3.65. The first-order chi connectivity index (χ1) is 16.8. The van der Waals surface area contributed by atoms with Crippen molar-refractivity contribution >= 4 is 49.2 Å². The number of fused-ring (bicyclic) bond motifs is 1. The number of nitrogens with zero attached hydrogens (tertiary/aromatic N) is 3. The molecule has 1 saturated heterocycles. The SMILES string of the molecule is CCOc1ccc2c(c1)sc(=NC(=O)C1CCCN(S(=O)(=O)c3ccc(C)cc3)C1)n2CCSC. The van der Waals surface area contributed by atoms with Gasteiger partial charge in [0.15, 0.2) is 4.80 Å². The van der Waals surface area contributed by atoms with Crippen LogP contribution < -0.4 is 9.54 Å². The van der Waals surface area contributed by atoms with E-state index in [0.717, 1.165) is 33.8 Å². The molecule has 2 aromatic carbocycles. The number of carbonyl (C=O) groups is 1. The van der Waals surface area contributed by atoms with Crippen molar-refractivity contribution in [2.24, 2.45) is 10.9 Å². The molecule has 7 nitrogen and oxygen atoms in total. The molecule has 0 N–H and O–H groups in total. The molecule has 0 radical (unpaired) electrons. The topological polar surface area (TPSA) is 81.0 Å². The zero-order valence-corrected chi connectivity index (χ0v) is 22.7. The highest BCUT2D eigenvalue weighted by Crippen LogP contribution is 2.26. The third-order valence-electron chi connectivity index (χ3n) is 6.08. The monoisotopic (exact) mass is 533 g/mol. The zero-order valence-electron chi connectivity index (χ0n) is 20.3. The molecule has 2 heterocycles. The van der Waals surface area contributed by atoms with Gasteiger partial charge in [-0.05, 0) is 63.3 Å². The number of ether oxygens (including phenoxy) is 1. The van der Waals surface area contributed by atoms with Crippen LogP contribution in [0.2, 0.25) is 0 Å². The Kier molecular flexibility index (Phi) is 8.36. The molecular weight excluding hydrogens is 502 g/mol. The lowest BCUT2D eigenvalue weighted by molar-refractivity contribution is -0.122. The number of amides is 1. The van der Waals surface area contributed by atoms with Gasteiger partial charge >= 0.3 is 0 Å². The summed E-state index contributed by atoms with van der Waals surface area (Å²) >= 11 is 3.20. The number of hydrogen-bond acceptors (Lipinski definition) is 6. The van der Waals surface area contributed by atoms with Crippen LogP contribution in [-0.4, -0.2) is 54.9 Å². The van der Waals surface area contributed by atoms with Gasteiger partial charge in [-0.1, -0.05) is 29.0 Å². The number of sulfonamides is 1. The van der Waals surface area contributed by atoms with E-state index in [9.17, 15) is 13.2 Å². The van der Waals surface area contributed by atoms with Gasteiger partial charge in [0.25, 0.3) is 5.91 Å². The molecule has 1 atom stereocenters. The molecule has 35 heavy (non-hydrogen) atoms. The van der Waals surface area contributed by atoms with E-state index < -0.39 is 15.9 Å². The summed E-state index contributed by atoms with van der Waals surface area (Å²) in [5.41, 5.74) is 2.02. The number of rotatable bonds is 8. The maximum Gasteiger partial charge on any atom is 0.252 e. The highest BCUT2D eigenvalue weighted by atomic mass is 32.2. The standard InChI is InChI=1S/C25H31N3O4S3/c1-4-32-20-9-12-22-23(16-20)34-25(28(22)14-15-33-3)26-24(29)19-6-5-13-27(17-19)35(30,31)21-10-7-18(2)8-11-21/h7-12,16,19H,4-6,13-15,17H2,1-3H3. The van der Waals surface area contributed by atoms with Crippen LogP contribution in [0, 0.1) is 12.8 Å². The van der Waals surface area contributed by atoms with E-state index >= 15 is 0 Å². The summed E-state index contributed by atoms with van der Waals surface area (Å²) in [6, 6.07) is 12.8. The lowest BCUT2D eigenvalue weighted by atomic mass is 9.99. The maximum absolute atomic E-state index is 13.3. The Morgan fingerprint density at radius 2 is 2.00 bits per heavy atom. The third-order valence-corrected chi connectivity index (χ3v) is 9.59. The van der Waals surface area contributed by atoms with Gasteiger partial charge in [0.2, 0.25) is 10.0 Å². The van der Waals surface area contributed by atoms with E-state index in [0.29, 0.717) is 30.8 Å². The molecule has 0 spiro atoms. The van der Waals surface area contributed by atoms with E-state index in [1.807, 2.05) is 32.0 Å². The molecule has 3 aromatic rings. The van der Waals surface area contributed by atoms with Crippen LogP contribution in [-0.2, 0) is 21.4 Å². The van der Waals surface area contributed by atoms with Crippen molar-refractivity contribution in [3.8, 4) is 5.75 Å². The number of thiazole rings is 1. The van der Waals surface area contributed by atoms with Gasteiger partial charge in [-0.2, -0.15) is 21.1 Å². The number of benzene rings is 2. The summed E-state index contributed by atoms with van der Waals surface area (Å²) in [5, 5.41) is 0. The van der Waals surface area contributed by atoms with Crippen LogP contribution in [0.3, 0.4) is 0 Å². The maximum atomic E-state index is 13.3. The molecule has 1 fully saturated rings. The van der Waals surface area contributed by atoms with Crippen LogP contribution >= 0.6 is 23.1 Å². The highest BCUT2D eigenvalue weighted by Gasteiger charge is 2.33. The second kappa shape index (κ2) is 11.3. The first kappa shape index (κ1) is 25.9. The summed E-state index contributed by atoms with van der Waals surface area (Å²) in [4.78, 5) is 18.7. The number of hydrogen-bond donors (Lipinski definition) is 0. The van der Waals surface area contributed by atoms with Crippen LogP contribution in [0.4, 0.5) is 0 Å². The first-order valence-corrected chi connectivity index (χ1v) is 15.4. The van der Waals surface area contributed by atoms with Gasteiger partial charge in [0.1, 0.15) is 5.75 Å². The Hall–Kier alpha value is -2.14. The van der Waals surface area contributed by atoms with Crippen molar-refractivity contribution in [1.29, 1.82) is 0 Å². The molecule has 1 amide bonds. The van der Waals surface area contributed by atoms with Crippen LogP contribution in [0.5, 0.6) is 5.75 Å². The highest BCUT2D eigenvalue weighted by molar-refractivity contribution is 7.98. The van der Waals surface area contributed by atoms with E-state index in [1.165, 1.54) is 15.6 Å².